The molecule has 2 aromatic heterocycles. The Balaban J connectivity index is 2.10. The van der Waals surface area contributed by atoms with E-state index in [4.69, 9.17) is 4.42 Å². The van der Waals surface area contributed by atoms with Gasteiger partial charge in [0, 0.05) is 0 Å². The average molecular weight is 315 g/mol. The van der Waals surface area contributed by atoms with Crippen LogP contribution in [0.15, 0.2) is 26.5 Å². The molecule has 0 radical (unpaired) electrons. The number of nitrogens with zero attached hydrogens (tertiary/aromatic N) is 1. The number of halogens is 1. The monoisotopic (exact) mass is 314 g/mol. The van der Waals surface area contributed by atoms with Gasteiger partial charge in [-0.15, -0.1) is 11.3 Å². The van der Waals surface area contributed by atoms with E-state index in [2.05, 4.69) is 40.1 Å². The van der Waals surface area contributed by atoms with Gasteiger partial charge < -0.3 is 9.73 Å². The maximum Gasteiger partial charge on any atom is 0.211 e. The zero-order chi connectivity index (χ0) is 12.3. The fourth-order valence-corrected chi connectivity index (χ4v) is 2.83. The van der Waals surface area contributed by atoms with Crippen molar-refractivity contribution < 1.29 is 4.42 Å². The van der Waals surface area contributed by atoms with Crippen LogP contribution in [-0.4, -0.2) is 11.5 Å². The van der Waals surface area contributed by atoms with E-state index in [-0.39, 0.29) is 6.04 Å². The number of oxazole rings is 1. The summed E-state index contributed by atoms with van der Waals surface area (Å²) < 4.78 is 6.86. The van der Waals surface area contributed by atoms with Gasteiger partial charge >= 0.3 is 0 Å². The van der Waals surface area contributed by atoms with Gasteiger partial charge in [-0.05, 0) is 48.0 Å². The predicted octanol–water partition coefficient (Wildman–Crippen LogP) is 4.23. The van der Waals surface area contributed by atoms with E-state index in [0.29, 0.717) is 0 Å². The molecule has 1 unspecified atom stereocenters. The van der Waals surface area contributed by atoms with Crippen LogP contribution in [0.25, 0.3) is 10.6 Å². The van der Waals surface area contributed by atoms with Crippen molar-refractivity contribution >= 4 is 27.3 Å². The van der Waals surface area contributed by atoms with E-state index < -0.39 is 0 Å². The second-order valence-electron chi connectivity index (χ2n) is 3.84. The highest BCUT2D eigenvalue weighted by molar-refractivity contribution is 9.11. The molecule has 0 saturated carbocycles. The van der Waals surface area contributed by atoms with Crippen LogP contribution in [0.5, 0.6) is 0 Å². The molecule has 0 bridgehead atoms. The van der Waals surface area contributed by atoms with Crippen molar-refractivity contribution in [3.63, 3.8) is 0 Å². The largest absolute Gasteiger partial charge is 0.438 e. The normalized spacial score (nSPS) is 12.9. The third-order valence-corrected chi connectivity index (χ3v) is 4.05. The minimum absolute atomic E-state index is 0.159. The van der Waals surface area contributed by atoms with Crippen LogP contribution in [0.3, 0.4) is 0 Å². The lowest BCUT2D eigenvalue weighted by molar-refractivity contribution is 0.423. The second-order valence-corrected chi connectivity index (χ2v) is 6.31. The zero-order valence-corrected chi connectivity index (χ0v) is 12.3. The van der Waals surface area contributed by atoms with Crippen LogP contribution >= 0.6 is 27.3 Å². The molecule has 0 aliphatic carbocycles. The molecule has 1 atom stereocenters. The molecule has 0 amide bonds. The van der Waals surface area contributed by atoms with E-state index in [9.17, 15) is 0 Å². The quantitative estimate of drug-likeness (QED) is 0.897. The molecular formula is C12H15BrN2OS. The van der Waals surface area contributed by atoms with Gasteiger partial charge in [-0.3, -0.25) is 0 Å². The molecule has 2 rings (SSSR count). The number of aromatic nitrogens is 1. The average Bonchev–Trinajstić information content (AvgIpc) is 2.93. The van der Waals surface area contributed by atoms with Crippen molar-refractivity contribution in [3.8, 4) is 10.6 Å². The fourth-order valence-electron chi connectivity index (χ4n) is 1.50. The van der Waals surface area contributed by atoms with Gasteiger partial charge in [-0.2, -0.15) is 0 Å². The number of nitrogens with one attached hydrogen (secondary N) is 1. The molecule has 17 heavy (non-hydrogen) atoms. The summed E-state index contributed by atoms with van der Waals surface area (Å²) in [6.45, 7) is 5.18. The first-order valence-corrected chi connectivity index (χ1v) is 7.26. The van der Waals surface area contributed by atoms with Crippen LogP contribution < -0.4 is 5.32 Å². The van der Waals surface area contributed by atoms with Gasteiger partial charge in [0.25, 0.3) is 0 Å². The molecule has 3 nitrogen and oxygen atoms in total. The van der Waals surface area contributed by atoms with Crippen LogP contribution in [-0.2, 0) is 0 Å². The Morgan fingerprint density at radius 3 is 3.00 bits per heavy atom. The molecule has 5 heteroatoms. The summed E-state index contributed by atoms with van der Waals surface area (Å²) in [5.41, 5.74) is 0. The molecule has 0 spiro atoms. The molecule has 0 fully saturated rings. The van der Waals surface area contributed by atoms with Crippen molar-refractivity contribution in [2.75, 3.05) is 6.54 Å². The Morgan fingerprint density at radius 1 is 1.53 bits per heavy atom. The molecule has 2 heterocycles. The molecule has 0 aliphatic rings. The standard InChI is InChI=1S/C12H15BrN2OS/c1-3-6-14-8(2)12-15-7-9(16-12)10-4-5-11(13)17-10/h4-5,7-8,14H,3,6H2,1-2H3. The van der Waals surface area contributed by atoms with Gasteiger partial charge in [0.1, 0.15) is 0 Å². The third-order valence-electron chi connectivity index (χ3n) is 2.41. The minimum atomic E-state index is 0.159. The SMILES string of the molecule is CCCNC(C)c1ncc(-c2ccc(Br)s2)o1. The van der Waals surface area contributed by atoms with E-state index in [1.807, 2.05) is 12.1 Å². The molecular weight excluding hydrogens is 300 g/mol. The number of hydrogen-bond donors (Lipinski definition) is 1. The Kier molecular flexibility index (Phi) is 4.36. The molecule has 2 aromatic rings. The number of hydrogen-bond acceptors (Lipinski definition) is 4. The summed E-state index contributed by atoms with van der Waals surface area (Å²) in [5, 5.41) is 3.36. The highest BCUT2D eigenvalue weighted by Crippen LogP contribution is 2.32. The first-order valence-electron chi connectivity index (χ1n) is 5.65. The zero-order valence-electron chi connectivity index (χ0n) is 9.87. The summed E-state index contributed by atoms with van der Waals surface area (Å²) in [4.78, 5) is 5.41. The number of rotatable bonds is 5. The predicted molar refractivity (Wildman–Crippen MR) is 74.2 cm³/mol. The molecule has 92 valence electrons. The van der Waals surface area contributed by atoms with Crippen LogP contribution in [0.1, 0.15) is 32.2 Å². The topological polar surface area (TPSA) is 38.1 Å². The smallest absolute Gasteiger partial charge is 0.211 e. The minimum Gasteiger partial charge on any atom is -0.438 e. The third kappa shape index (κ3) is 3.18. The van der Waals surface area contributed by atoms with Gasteiger partial charge in [-0.1, -0.05) is 6.92 Å². The Labute approximate surface area is 113 Å². The van der Waals surface area contributed by atoms with E-state index in [1.165, 1.54) is 0 Å². The highest BCUT2D eigenvalue weighted by Gasteiger charge is 2.13. The lowest BCUT2D eigenvalue weighted by Gasteiger charge is -2.08. The molecule has 0 aliphatic heterocycles. The second kappa shape index (κ2) is 5.80. The first-order chi connectivity index (χ1) is 8.20. The summed E-state index contributed by atoms with van der Waals surface area (Å²) >= 11 is 5.09. The van der Waals surface area contributed by atoms with Crippen LogP contribution in [0, 0.1) is 0 Å². The summed E-state index contributed by atoms with van der Waals surface area (Å²) in [5.74, 6) is 1.58. The van der Waals surface area contributed by atoms with Crippen molar-refractivity contribution in [1.82, 2.24) is 10.3 Å². The van der Waals surface area contributed by atoms with E-state index >= 15 is 0 Å². The summed E-state index contributed by atoms with van der Waals surface area (Å²) in [6.07, 6.45) is 2.90. The van der Waals surface area contributed by atoms with Gasteiger partial charge in [0.2, 0.25) is 5.89 Å². The van der Waals surface area contributed by atoms with Crippen LogP contribution in [0.2, 0.25) is 0 Å². The maximum absolute atomic E-state index is 5.76. The van der Waals surface area contributed by atoms with Crippen molar-refractivity contribution in [2.45, 2.75) is 26.3 Å². The molecule has 0 aromatic carbocycles. The molecule has 0 saturated heterocycles. The van der Waals surface area contributed by atoms with Gasteiger partial charge in [-0.25, -0.2) is 4.98 Å². The lowest BCUT2D eigenvalue weighted by atomic mass is 10.3. The highest BCUT2D eigenvalue weighted by atomic mass is 79.9. The van der Waals surface area contributed by atoms with Crippen LogP contribution in [0.4, 0.5) is 0 Å². The molecule has 1 N–H and O–H groups in total. The Morgan fingerprint density at radius 2 is 2.35 bits per heavy atom. The number of thiophene rings is 1. The van der Waals surface area contributed by atoms with Gasteiger partial charge in [0.15, 0.2) is 5.76 Å². The van der Waals surface area contributed by atoms with E-state index in [0.717, 1.165) is 33.3 Å². The first kappa shape index (κ1) is 12.8. The summed E-state index contributed by atoms with van der Waals surface area (Å²) in [7, 11) is 0. The summed E-state index contributed by atoms with van der Waals surface area (Å²) in [6, 6.07) is 4.21. The Hall–Kier alpha value is -0.650. The Bertz CT molecular complexity index is 480. The maximum atomic E-state index is 5.76. The van der Waals surface area contributed by atoms with Crippen molar-refractivity contribution in [3.05, 3.63) is 28.0 Å². The fraction of sp³-hybridized carbons (Fsp3) is 0.417. The lowest BCUT2D eigenvalue weighted by Crippen LogP contribution is -2.19. The van der Waals surface area contributed by atoms with E-state index in [1.54, 1.807) is 17.5 Å². The van der Waals surface area contributed by atoms with Crippen molar-refractivity contribution in [2.24, 2.45) is 0 Å². The van der Waals surface area contributed by atoms with Gasteiger partial charge in [0.05, 0.1) is 20.9 Å². The van der Waals surface area contributed by atoms with Crippen molar-refractivity contribution in [1.29, 1.82) is 0 Å².